The Balaban J connectivity index is 1.22. The van der Waals surface area contributed by atoms with Gasteiger partial charge in [0.2, 0.25) is 0 Å². The lowest BCUT2D eigenvalue weighted by molar-refractivity contribution is -0.125. The van der Waals surface area contributed by atoms with Crippen LogP contribution in [-0.4, -0.2) is 23.1 Å². The first-order valence-electron chi connectivity index (χ1n) is 13.9. The van der Waals surface area contributed by atoms with E-state index < -0.39 is 5.60 Å². The lowest BCUT2D eigenvalue weighted by Crippen LogP contribution is -2.38. The molecule has 7 unspecified atom stereocenters. The van der Waals surface area contributed by atoms with Gasteiger partial charge in [-0.25, -0.2) is 4.79 Å². The van der Waals surface area contributed by atoms with Crippen molar-refractivity contribution in [1.82, 2.24) is 0 Å². The molecule has 0 aromatic heterocycles. The Labute approximate surface area is 212 Å². The predicted octanol–water partition coefficient (Wildman–Crippen LogP) is 6.28. The molecule has 36 heavy (non-hydrogen) atoms. The van der Waals surface area contributed by atoms with Crippen LogP contribution < -0.4 is 0 Å². The molecule has 0 N–H and O–H groups in total. The number of fused-ring (bicyclic) bond motifs is 10. The normalized spacial score (nSPS) is 35.1. The van der Waals surface area contributed by atoms with Crippen molar-refractivity contribution in [3.63, 3.8) is 0 Å². The highest BCUT2D eigenvalue weighted by atomic mass is 16.6. The van der Waals surface area contributed by atoms with Crippen LogP contribution in [0.15, 0.2) is 48.6 Å². The van der Waals surface area contributed by atoms with Gasteiger partial charge in [-0.15, -0.1) is 0 Å². The minimum Gasteiger partial charge on any atom is -0.456 e. The maximum atomic E-state index is 13.5. The largest absolute Gasteiger partial charge is 0.456 e. The van der Waals surface area contributed by atoms with E-state index in [0.29, 0.717) is 23.0 Å². The molecule has 0 saturated heterocycles. The summed E-state index contributed by atoms with van der Waals surface area (Å²) in [6.45, 7) is 4.11. The number of esters is 1. The Morgan fingerprint density at radius 1 is 0.833 bits per heavy atom. The monoisotopic (exact) mass is 482 g/mol. The number of allylic oxidation sites excluding steroid dienone is 2. The van der Waals surface area contributed by atoms with Crippen molar-refractivity contribution in [3.05, 3.63) is 59.7 Å². The van der Waals surface area contributed by atoms with Crippen LogP contribution in [-0.2, 0) is 14.3 Å². The molecule has 0 heterocycles. The summed E-state index contributed by atoms with van der Waals surface area (Å²) >= 11 is 0. The van der Waals surface area contributed by atoms with Gasteiger partial charge in [0, 0.05) is 23.7 Å². The van der Waals surface area contributed by atoms with Crippen LogP contribution in [0.25, 0.3) is 10.8 Å². The summed E-state index contributed by atoms with van der Waals surface area (Å²) in [4.78, 5) is 39.7. The van der Waals surface area contributed by atoms with Crippen LogP contribution >= 0.6 is 0 Å². The zero-order valence-electron chi connectivity index (χ0n) is 21.1. The van der Waals surface area contributed by atoms with Gasteiger partial charge in [-0.1, -0.05) is 61.7 Å². The molecule has 0 spiro atoms. The number of carbonyl (C=O) groups excluding carboxylic acids is 3. The van der Waals surface area contributed by atoms with Gasteiger partial charge in [-0.2, -0.15) is 0 Å². The molecule has 4 nitrogen and oxygen atoms in total. The van der Waals surface area contributed by atoms with E-state index in [1.165, 1.54) is 19.3 Å². The molecule has 0 radical (unpaired) electrons. The van der Waals surface area contributed by atoms with Gasteiger partial charge in [0.1, 0.15) is 17.2 Å². The highest BCUT2D eigenvalue weighted by Crippen LogP contribution is 2.66. The van der Waals surface area contributed by atoms with Crippen molar-refractivity contribution < 1.29 is 19.1 Å². The second-order valence-corrected chi connectivity index (χ2v) is 12.4. The first-order valence-corrected chi connectivity index (χ1v) is 13.9. The third-order valence-electron chi connectivity index (χ3n) is 10.5. The highest BCUT2D eigenvalue weighted by Gasteiger charge is 2.68. The fourth-order valence-corrected chi connectivity index (χ4v) is 8.86. The minimum absolute atomic E-state index is 0.00593. The first-order chi connectivity index (χ1) is 17.4. The molecule has 4 bridgehead atoms. The number of hydrogen-bond acceptors (Lipinski definition) is 4. The second-order valence-electron chi connectivity index (χ2n) is 12.4. The number of Topliss-reactive ketones (excluding diaryl/α,β-unsaturated/α-hetero) is 2. The number of ether oxygens (including phenoxy) is 1. The van der Waals surface area contributed by atoms with Crippen LogP contribution in [0.5, 0.6) is 0 Å². The molecule has 5 aliphatic carbocycles. The zero-order chi connectivity index (χ0) is 24.8. The van der Waals surface area contributed by atoms with E-state index in [2.05, 4.69) is 38.1 Å². The lowest BCUT2D eigenvalue weighted by atomic mass is 9.67. The Morgan fingerprint density at radius 3 is 2.31 bits per heavy atom. The van der Waals surface area contributed by atoms with E-state index in [1.54, 1.807) is 0 Å². The third kappa shape index (κ3) is 3.02. The topological polar surface area (TPSA) is 60.4 Å². The fraction of sp³-hybridized carbons (Fsp3) is 0.531. The van der Waals surface area contributed by atoms with Crippen LogP contribution in [0.1, 0.15) is 74.2 Å². The minimum atomic E-state index is -0.495. The summed E-state index contributed by atoms with van der Waals surface area (Å²) in [7, 11) is 0. The summed E-state index contributed by atoms with van der Waals surface area (Å²) in [5, 5.41) is 1.93. The summed E-state index contributed by atoms with van der Waals surface area (Å²) < 4.78 is 6.17. The maximum absolute atomic E-state index is 13.5. The Hall–Kier alpha value is -2.75. The van der Waals surface area contributed by atoms with E-state index >= 15 is 0 Å². The smallest absolute Gasteiger partial charge is 0.339 e. The molecule has 4 saturated carbocycles. The van der Waals surface area contributed by atoms with Crippen molar-refractivity contribution in [2.45, 2.75) is 63.9 Å². The molecule has 4 fully saturated rings. The van der Waals surface area contributed by atoms with E-state index in [0.717, 1.165) is 35.6 Å². The van der Waals surface area contributed by atoms with Crippen LogP contribution in [0.4, 0.5) is 0 Å². The average Bonchev–Trinajstić information content (AvgIpc) is 3.59. The van der Waals surface area contributed by atoms with Gasteiger partial charge in [-0.3, -0.25) is 9.59 Å². The van der Waals surface area contributed by atoms with Crippen LogP contribution in [0.3, 0.4) is 0 Å². The lowest BCUT2D eigenvalue weighted by Gasteiger charge is -2.36. The van der Waals surface area contributed by atoms with Crippen molar-refractivity contribution >= 4 is 28.3 Å². The highest BCUT2D eigenvalue weighted by molar-refractivity contribution is 6.06. The zero-order valence-corrected chi connectivity index (χ0v) is 21.1. The SMILES string of the molecule is CC(C)(OC(=O)c1cccc2c(C3CC4C(=O)C3C3C5C=CC(C5=O)C43)cccc12)C1CCCCC1. The van der Waals surface area contributed by atoms with Gasteiger partial charge < -0.3 is 4.74 Å². The van der Waals surface area contributed by atoms with Gasteiger partial charge in [0.05, 0.1) is 5.56 Å². The molecular formula is C32H34O4. The molecule has 186 valence electrons. The molecular weight excluding hydrogens is 448 g/mol. The summed E-state index contributed by atoms with van der Waals surface area (Å²) in [6.07, 6.45) is 10.8. The standard InChI is InChI=1S/C32H34O4/c1-32(2,17-8-4-3-5-9-17)36-31(35)21-13-7-10-18-19(21)11-6-12-20(18)24-16-25-26-22-14-15-23(29(22)33)27(26)28(24)30(25)34/h6-7,10-15,17,22-28H,3-5,8-9,16H2,1-2H3. The number of rotatable bonds is 4. The average molecular weight is 483 g/mol. The van der Waals surface area contributed by atoms with E-state index in [-0.39, 0.29) is 47.4 Å². The molecule has 7 atom stereocenters. The molecule has 5 aliphatic rings. The predicted molar refractivity (Wildman–Crippen MR) is 137 cm³/mol. The molecule has 7 rings (SSSR count). The first kappa shape index (κ1) is 22.4. The van der Waals surface area contributed by atoms with Gasteiger partial charge >= 0.3 is 5.97 Å². The summed E-state index contributed by atoms with van der Waals surface area (Å²) in [5.41, 5.74) is 1.25. The van der Waals surface area contributed by atoms with Crippen molar-refractivity contribution in [2.24, 2.45) is 41.4 Å². The van der Waals surface area contributed by atoms with E-state index in [4.69, 9.17) is 4.74 Å². The number of hydrogen-bond donors (Lipinski definition) is 0. The Morgan fingerprint density at radius 2 is 1.53 bits per heavy atom. The van der Waals surface area contributed by atoms with Crippen molar-refractivity contribution in [2.75, 3.05) is 0 Å². The summed E-state index contributed by atoms with van der Waals surface area (Å²) in [6, 6.07) is 12.0. The van der Waals surface area contributed by atoms with Gasteiger partial charge in [-0.05, 0) is 79.2 Å². The second kappa shape index (κ2) is 7.87. The molecule has 2 aromatic rings. The van der Waals surface area contributed by atoms with Crippen LogP contribution in [0.2, 0.25) is 0 Å². The number of carbonyl (C=O) groups is 3. The Kier molecular flexibility index (Phi) is 4.91. The third-order valence-corrected chi connectivity index (χ3v) is 10.5. The van der Waals surface area contributed by atoms with Crippen LogP contribution in [0, 0.1) is 41.4 Å². The van der Waals surface area contributed by atoms with Crippen molar-refractivity contribution in [1.29, 1.82) is 0 Å². The fourth-order valence-electron chi connectivity index (χ4n) is 8.86. The molecule has 0 amide bonds. The number of ketones is 2. The van der Waals surface area contributed by atoms with Crippen molar-refractivity contribution in [3.8, 4) is 0 Å². The molecule has 0 aliphatic heterocycles. The number of benzene rings is 2. The van der Waals surface area contributed by atoms with E-state index in [9.17, 15) is 14.4 Å². The molecule has 2 aromatic carbocycles. The summed E-state index contributed by atoms with van der Waals surface area (Å²) in [5.74, 6) is 1.09. The Bertz CT molecular complexity index is 1310. The van der Waals surface area contributed by atoms with Gasteiger partial charge in [0.25, 0.3) is 0 Å². The van der Waals surface area contributed by atoms with Gasteiger partial charge in [0.15, 0.2) is 0 Å². The molecule has 4 heteroatoms. The maximum Gasteiger partial charge on any atom is 0.339 e. The van der Waals surface area contributed by atoms with E-state index in [1.807, 2.05) is 24.3 Å². The quantitative estimate of drug-likeness (QED) is 0.293.